The summed E-state index contributed by atoms with van der Waals surface area (Å²) in [6, 6.07) is 11.5. The maximum Gasteiger partial charge on any atom is 0.262 e. The molecule has 3 rings (SSSR count). The molecule has 0 spiro atoms. The van der Waals surface area contributed by atoms with Gasteiger partial charge in [-0.2, -0.15) is 0 Å². The Kier molecular flexibility index (Phi) is 7.88. The second-order valence-electron chi connectivity index (χ2n) is 7.15. The van der Waals surface area contributed by atoms with Gasteiger partial charge in [0.25, 0.3) is 10.0 Å². The van der Waals surface area contributed by atoms with E-state index in [1.54, 1.807) is 37.5 Å². The number of anilines is 1. The van der Waals surface area contributed by atoms with Crippen LogP contribution in [0.25, 0.3) is 6.08 Å². The summed E-state index contributed by atoms with van der Waals surface area (Å²) in [7, 11) is -2.19. The van der Waals surface area contributed by atoms with Crippen molar-refractivity contribution in [3.05, 3.63) is 54.1 Å². The standard InChI is InChI=1S/C23H27N3O5S/c1-3-14-31-20-11-9-17(15-21(20)30-2)10-12-23(27)25-18-6-4-7-19(16-18)32(28,29)26-22-8-5-13-24-22/h4,6-7,9-12,15-16H,3,5,8,13-14H2,1-2H3,(H,24,26)(H,25,27)/b12-10+. The second kappa shape index (κ2) is 10.8. The Morgan fingerprint density at radius 3 is 2.75 bits per heavy atom. The zero-order chi connectivity index (χ0) is 23.0. The molecule has 2 N–H and O–H groups in total. The van der Waals surface area contributed by atoms with Crippen molar-refractivity contribution in [1.82, 2.24) is 4.72 Å². The summed E-state index contributed by atoms with van der Waals surface area (Å²) in [5.74, 6) is 1.30. The average molecular weight is 458 g/mol. The van der Waals surface area contributed by atoms with Crippen molar-refractivity contribution in [3.63, 3.8) is 0 Å². The van der Waals surface area contributed by atoms with E-state index in [-0.39, 0.29) is 4.90 Å². The molecule has 1 aliphatic heterocycles. The van der Waals surface area contributed by atoms with Gasteiger partial charge in [-0.25, -0.2) is 8.42 Å². The van der Waals surface area contributed by atoms with Gasteiger partial charge in [-0.3, -0.25) is 14.5 Å². The molecule has 0 bridgehead atoms. The first-order valence-corrected chi connectivity index (χ1v) is 11.9. The number of carbonyl (C=O) groups excluding carboxylic acids is 1. The van der Waals surface area contributed by atoms with Gasteiger partial charge in [0.1, 0.15) is 5.84 Å². The van der Waals surface area contributed by atoms with Crippen LogP contribution in [0.1, 0.15) is 31.7 Å². The van der Waals surface area contributed by atoms with E-state index in [9.17, 15) is 13.2 Å². The lowest BCUT2D eigenvalue weighted by Crippen LogP contribution is -2.29. The highest BCUT2D eigenvalue weighted by Gasteiger charge is 2.18. The third-order valence-electron chi connectivity index (χ3n) is 4.61. The van der Waals surface area contributed by atoms with E-state index in [2.05, 4.69) is 15.0 Å². The Balaban J connectivity index is 1.66. The fraction of sp³-hybridized carbons (Fsp3) is 0.304. The lowest BCUT2D eigenvalue weighted by Gasteiger charge is -2.10. The molecule has 8 nitrogen and oxygen atoms in total. The fourth-order valence-electron chi connectivity index (χ4n) is 3.05. The fourth-order valence-corrected chi connectivity index (χ4v) is 4.19. The van der Waals surface area contributed by atoms with Crippen molar-refractivity contribution in [2.45, 2.75) is 31.1 Å². The molecule has 0 aromatic heterocycles. The van der Waals surface area contributed by atoms with Crippen molar-refractivity contribution in [1.29, 1.82) is 0 Å². The van der Waals surface area contributed by atoms with E-state index >= 15 is 0 Å². The zero-order valence-electron chi connectivity index (χ0n) is 18.1. The van der Waals surface area contributed by atoms with Crippen LogP contribution in [0.5, 0.6) is 11.5 Å². The Morgan fingerprint density at radius 1 is 1.19 bits per heavy atom. The van der Waals surface area contributed by atoms with Gasteiger partial charge in [0.2, 0.25) is 5.91 Å². The number of hydrogen-bond acceptors (Lipinski definition) is 6. The summed E-state index contributed by atoms with van der Waals surface area (Å²) >= 11 is 0. The van der Waals surface area contributed by atoms with Crippen LogP contribution in [0, 0.1) is 0 Å². The quantitative estimate of drug-likeness (QED) is 0.560. The summed E-state index contributed by atoms with van der Waals surface area (Å²) in [6.07, 6.45) is 5.34. The molecule has 9 heteroatoms. The molecule has 170 valence electrons. The first kappa shape index (κ1) is 23.3. The third kappa shape index (κ3) is 6.34. The lowest BCUT2D eigenvalue weighted by molar-refractivity contribution is -0.111. The van der Waals surface area contributed by atoms with Crippen LogP contribution < -0.4 is 19.5 Å². The molecule has 32 heavy (non-hydrogen) atoms. The van der Waals surface area contributed by atoms with Crippen LogP contribution in [-0.2, 0) is 14.8 Å². The average Bonchev–Trinajstić information content (AvgIpc) is 3.29. The maximum atomic E-state index is 12.5. The van der Waals surface area contributed by atoms with Crippen molar-refractivity contribution in [2.75, 3.05) is 25.6 Å². The molecule has 0 saturated heterocycles. The van der Waals surface area contributed by atoms with Crippen LogP contribution in [-0.4, -0.2) is 40.4 Å². The number of carbonyl (C=O) groups is 1. The Hall–Kier alpha value is -3.33. The molecule has 1 heterocycles. The highest BCUT2D eigenvalue weighted by molar-refractivity contribution is 7.90. The van der Waals surface area contributed by atoms with Crippen LogP contribution >= 0.6 is 0 Å². The molecule has 0 radical (unpaired) electrons. The topological polar surface area (TPSA) is 106 Å². The third-order valence-corrected chi connectivity index (χ3v) is 5.99. The number of ether oxygens (including phenoxy) is 2. The molecule has 0 unspecified atom stereocenters. The minimum Gasteiger partial charge on any atom is -0.493 e. The predicted octanol–water partition coefficient (Wildman–Crippen LogP) is 3.61. The smallest absolute Gasteiger partial charge is 0.262 e. The van der Waals surface area contributed by atoms with Crippen molar-refractivity contribution >= 4 is 33.5 Å². The Bertz CT molecular complexity index is 1130. The molecule has 0 fully saturated rings. The largest absolute Gasteiger partial charge is 0.493 e. The van der Waals surface area contributed by atoms with Crippen LogP contribution in [0.4, 0.5) is 5.69 Å². The highest BCUT2D eigenvalue weighted by Crippen LogP contribution is 2.28. The summed E-state index contributed by atoms with van der Waals surface area (Å²) in [4.78, 5) is 16.5. The zero-order valence-corrected chi connectivity index (χ0v) is 18.9. The number of nitrogens with one attached hydrogen (secondary N) is 2. The lowest BCUT2D eigenvalue weighted by atomic mass is 10.2. The minimum absolute atomic E-state index is 0.0567. The van der Waals surface area contributed by atoms with E-state index in [4.69, 9.17) is 9.47 Å². The number of aliphatic imine (C=N–C) groups is 1. The molecule has 1 aliphatic rings. The minimum atomic E-state index is -3.75. The predicted molar refractivity (Wildman–Crippen MR) is 125 cm³/mol. The molecule has 1 amide bonds. The number of methoxy groups -OCH3 is 1. The van der Waals surface area contributed by atoms with E-state index in [0.29, 0.717) is 42.6 Å². The van der Waals surface area contributed by atoms with Gasteiger partial charge in [0.05, 0.1) is 18.6 Å². The van der Waals surface area contributed by atoms with Crippen molar-refractivity contribution in [2.24, 2.45) is 4.99 Å². The summed E-state index contributed by atoms with van der Waals surface area (Å²) in [6.45, 7) is 3.24. The van der Waals surface area contributed by atoms with E-state index in [0.717, 1.165) is 18.4 Å². The summed E-state index contributed by atoms with van der Waals surface area (Å²) in [5.41, 5.74) is 1.13. The van der Waals surface area contributed by atoms with Gasteiger partial charge in [-0.05, 0) is 54.8 Å². The van der Waals surface area contributed by atoms with Crippen LogP contribution in [0.2, 0.25) is 0 Å². The molecule has 0 atom stereocenters. The summed E-state index contributed by atoms with van der Waals surface area (Å²) in [5, 5.41) is 2.68. The van der Waals surface area contributed by atoms with Gasteiger partial charge >= 0.3 is 0 Å². The first-order valence-electron chi connectivity index (χ1n) is 10.4. The van der Waals surface area contributed by atoms with Crippen LogP contribution in [0.3, 0.4) is 0 Å². The number of sulfonamides is 1. The molecule has 2 aromatic rings. The van der Waals surface area contributed by atoms with E-state index in [1.807, 2.05) is 13.0 Å². The highest BCUT2D eigenvalue weighted by atomic mass is 32.2. The van der Waals surface area contributed by atoms with Crippen LogP contribution in [0.15, 0.2) is 58.4 Å². The van der Waals surface area contributed by atoms with Crippen molar-refractivity contribution in [3.8, 4) is 11.5 Å². The van der Waals surface area contributed by atoms with Gasteiger partial charge in [0, 0.05) is 24.7 Å². The van der Waals surface area contributed by atoms with Gasteiger partial charge < -0.3 is 14.8 Å². The molecular formula is C23H27N3O5S. The van der Waals surface area contributed by atoms with Crippen molar-refractivity contribution < 1.29 is 22.7 Å². The molecule has 0 aliphatic carbocycles. The number of rotatable bonds is 9. The number of nitrogens with zero attached hydrogens (tertiary/aromatic N) is 1. The van der Waals surface area contributed by atoms with Gasteiger partial charge in [-0.15, -0.1) is 0 Å². The molecular weight excluding hydrogens is 430 g/mol. The SMILES string of the molecule is CCCOc1ccc(/C=C/C(=O)Nc2cccc(S(=O)(=O)NC3=NCCC3)c2)cc1OC. The van der Waals surface area contributed by atoms with Gasteiger partial charge in [-0.1, -0.05) is 19.1 Å². The number of amides is 1. The first-order chi connectivity index (χ1) is 15.4. The van der Waals surface area contributed by atoms with E-state index < -0.39 is 15.9 Å². The second-order valence-corrected chi connectivity index (χ2v) is 8.83. The number of amidine groups is 1. The van der Waals surface area contributed by atoms with E-state index in [1.165, 1.54) is 18.2 Å². The molecule has 0 saturated carbocycles. The maximum absolute atomic E-state index is 12.5. The molecule has 2 aromatic carbocycles. The summed E-state index contributed by atoms with van der Waals surface area (Å²) < 4.78 is 38.6. The number of hydrogen-bond donors (Lipinski definition) is 2. The Labute approximate surface area is 188 Å². The van der Waals surface area contributed by atoms with Gasteiger partial charge in [0.15, 0.2) is 11.5 Å². The normalized spacial score (nSPS) is 13.6. The number of benzene rings is 2. The monoisotopic (exact) mass is 457 g/mol. The Morgan fingerprint density at radius 2 is 2.03 bits per heavy atom.